The lowest BCUT2D eigenvalue weighted by molar-refractivity contribution is -0.144. The number of carbonyl (C=O) groups excluding carboxylic acids is 1. The molecule has 2 saturated carbocycles. The SMILES string of the molecule is Cc1cc(-n2nc3c(c2-n2ccn(-c4ccc(S(=N)(=O)C5CC5)cc4)c2=O)[C@H](C)N(C(=O)c2cc4cc(C5CCOCC5)ccc4n2C2(c4nc(C(F)(F)F)n[nH]4)CC2)CC3)cc(C)c1F. The highest BCUT2D eigenvalue weighted by Gasteiger charge is 2.53. The van der Waals surface area contributed by atoms with Crippen LogP contribution in [-0.4, -0.2) is 78.7 Å². The molecule has 2 aliphatic carbocycles. The number of amides is 1. The molecule has 11 rings (SSSR count). The molecule has 14 nitrogen and oxygen atoms in total. The van der Waals surface area contributed by atoms with E-state index in [0.29, 0.717) is 82.5 Å². The summed E-state index contributed by atoms with van der Waals surface area (Å²) in [7, 11) is -2.96. The fourth-order valence-electron chi connectivity index (χ4n) is 10.1. The number of hydrogen-bond acceptors (Lipinski definition) is 8. The van der Waals surface area contributed by atoms with E-state index in [-0.39, 0.29) is 41.0 Å². The predicted molar refractivity (Wildman–Crippen MR) is 236 cm³/mol. The molecule has 0 radical (unpaired) electrons. The number of fused-ring (bicyclic) bond motifs is 2. The maximum absolute atomic E-state index is 15.4. The third kappa shape index (κ3) is 6.75. The number of nitrogens with zero attached hydrogens (tertiary/aromatic N) is 8. The van der Waals surface area contributed by atoms with Crippen LogP contribution in [0, 0.1) is 24.4 Å². The van der Waals surface area contributed by atoms with Gasteiger partial charge in [0, 0.05) is 65.2 Å². The van der Waals surface area contributed by atoms with Crippen LogP contribution in [0.3, 0.4) is 0 Å². The van der Waals surface area contributed by atoms with Gasteiger partial charge in [-0.25, -0.2) is 27.8 Å². The van der Waals surface area contributed by atoms with E-state index in [1.54, 1.807) is 72.2 Å². The molecule has 3 fully saturated rings. The van der Waals surface area contributed by atoms with E-state index in [2.05, 4.69) is 21.2 Å². The summed E-state index contributed by atoms with van der Waals surface area (Å²) in [5.41, 5.74) is 3.48. The quantitative estimate of drug-likeness (QED) is 0.137. The van der Waals surface area contributed by atoms with Gasteiger partial charge in [0.05, 0.1) is 32.8 Å². The number of H-pyrrole nitrogens is 1. The Bertz CT molecular complexity index is 3250. The maximum Gasteiger partial charge on any atom is 0.453 e. The van der Waals surface area contributed by atoms with Gasteiger partial charge in [-0.05, 0) is 137 Å². The number of aryl methyl sites for hydroxylation is 2. The molecule has 342 valence electrons. The van der Waals surface area contributed by atoms with Crippen LogP contribution in [0.2, 0.25) is 0 Å². The van der Waals surface area contributed by atoms with Crippen molar-refractivity contribution in [3.63, 3.8) is 0 Å². The summed E-state index contributed by atoms with van der Waals surface area (Å²) in [5.74, 6) is -1.39. The lowest BCUT2D eigenvalue weighted by atomic mass is 9.91. The van der Waals surface area contributed by atoms with Crippen molar-refractivity contribution < 1.29 is 31.3 Å². The molecule has 1 amide bonds. The fourth-order valence-corrected chi connectivity index (χ4v) is 11.8. The Morgan fingerprint density at radius 3 is 2.29 bits per heavy atom. The first-order valence-corrected chi connectivity index (χ1v) is 23.8. The first-order valence-electron chi connectivity index (χ1n) is 22.2. The number of aromatic amines is 1. The van der Waals surface area contributed by atoms with Gasteiger partial charge >= 0.3 is 11.9 Å². The molecule has 66 heavy (non-hydrogen) atoms. The predicted octanol–water partition coefficient (Wildman–Crippen LogP) is 8.42. The van der Waals surface area contributed by atoms with Crippen LogP contribution in [0.15, 0.2) is 82.7 Å². The van der Waals surface area contributed by atoms with Gasteiger partial charge in [-0.3, -0.25) is 19.0 Å². The number of halogens is 4. The standard InChI is InChI=1S/C47H46F4N10O4S/c1-26-22-33(23-27(2)40(26)48)61-41(59-19-18-58(45(59)63)32-5-7-34(8-6-32)66(52,64)35-9-10-35)39-28(3)57(17-12-36(39)56-61)42(62)38-25-31-24-30(29-13-20-65-21-14-29)4-11-37(31)60(38)46(15-16-46)43-53-44(55-54-43)47(49,50)51/h4-8,11,18-19,22-25,28-29,35,52H,9-10,12-17,20-21H2,1-3H3,(H,53,54,55)/t28-,66?/m0/s1. The number of hydrogen-bond donors (Lipinski definition) is 2. The topological polar surface area (TPSA) is 162 Å². The molecule has 1 saturated heterocycles. The van der Waals surface area contributed by atoms with Gasteiger partial charge in [0.25, 0.3) is 11.7 Å². The summed E-state index contributed by atoms with van der Waals surface area (Å²) in [6.45, 7) is 6.68. The zero-order chi connectivity index (χ0) is 46.0. The van der Waals surface area contributed by atoms with Crippen LogP contribution in [0.4, 0.5) is 17.6 Å². The smallest absolute Gasteiger partial charge is 0.381 e. The average Bonchev–Trinajstić information content (AvgIpc) is 4.12. The lowest BCUT2D eigenvalue weighted by Gasteiger charge is -2.34. The largest absolute Gasteiger partial charge is 0.453 e. The highest BCUT2D eigenvalue weighted by atomic mass is 32.2. The van der Waals surface area contributed by atoms with Crippen LogP contribution < -0.4 is 5.69 Å². The second-order valence-electron chi connectivity index (χ2n) is 18.1. The number of alkyl halides is 3. The van der Waals surface area contributed by atoms with Crippen LogP contribution in [0.5, 0.6) is 0 Å². The number of rotatable bonds is 9. The summed E-state index contributed by atoms with van der Waals surface area (Å²) < 4.78 is 90.3. The van der Waals surface area contributed by atoms with Gasteiger partial charge in [-0.2, -0.15) is 18.3 Å². The molecule has 4 aromatic heterocycles. The Hall–Kier alpha value is -6.34. The number of benzene rings is 3. The molecule has 2 N–H and O–H groups in total. The van der Waals surface area contributed by atoms with E-state index >= 15 is 9.18 Å². The monoisotopic (exact) mass is 922 g/mol. The molecule has 7 aromatic rings. The highest BCUT2D eigenvalue weighted by molar-refractivity contribution is 7.93. The number of nitrogens with one attached hydrogen (secondary N) is 2. The third-order valence-corrected chi connectivity index (χ3v) is 16.3. The Kier molecular flexibility index (Phi) is 9.68. The molecule has 0 spiro atoms. The van der Waals surface area contributed by atoms with E-state index in [1.807, 2.05) is 29.7 Å². The number of ether oxygens (including phenoxy) is 1. The number of imidazole rings is 1. The van der Waals surface area contributed by atoms with Gasteiger partial charge in [-0.1, -0.05) is 6.07 Å². The van der Waals surface area contributed by atoms with Crippen molar-refractivity contribution in [2.45, 2.75) is 99.5 Å². The average molecular weight is 923 g/mol. The van der Waals surface area contributed by atoms with Gasteiger partial charge in [-0.15, -0.1) is 5.10 Å². The zero-order valence-corrected chi connectivity index (χ0v) is 37.2. The van der Waals surface area contributed by atoms with Crippen molar-refractivity contribution in [3.8, 4) is 17.2 Å². The van der Waals surface area contributed by atoms with E-state index in [4.69, 9.17) is 14.6 Å². The van der Waals surface area contributed by atoms with Crippen LogP contribution in [0.1, 0.15) is 107 Å². The first-order chi connectivity index (χ1) is 31.5. The molecule has 2 atom stereocenters. The van der Waals surface area contributed by atoms with E-state index in [1.165, 1.54) is 9.13 Å². The van der Waals surface area contributed by atoms with Crippen LogP contribution in [0.25, 0.3) is 28.1 Å². The Morgan fingerprint density at radius 2 is 1.64 bits per heavy atom. The summed E-state index contributed by atoms with van der Waals surface area (Å²) in [5, 5.41) is 11.7. The molecular weight excluding hydrogens is 877 g/mol. The summed E-state index contributed by atoms with van der Waals surface area (Å²) >= 11 is 0. The lowest BCUT2D eigenvalue weighted by Crippen LogP contribution is -2.41. The molecule has 0 bridgehead atoms. The minimum absolute atomic E-state index is 0.0204. The summed E-state index contributed by atoms with van der Waals surface area (Å²) in [6, 6.07) is 17.1. The van der Waals surface area contributed by atoms with Crippen molar-refractivity contribution >= 4 is 26.5 Å². The van der Waals surface area contributed by atoms with Crippen molar-refractivity contribution in [2.75, 3.05) is 19.8 Å². The van der Waals surface area contributed by atoms with Crippen molar-refractivity contribution in [1.29, 1.82) is 4.78 Å². The van der Waals surface area contributed by atoms with E-state index < -0.39 is 39.0 Å². The van der Waals surface area contributed by atoms with Gasteiger partial charge in [0.1, 0.15) is 22.9 Å². The highest BCUT2D eigenvalue weighted by Crippen LogP contribution is 2.52. The van der Waals surface area contributed by atoms with Gasteiger partial charge in [0.15, 0.2) is 5.82 Å². The Balaban J connectivity index is 1.03. The molecular formula is C47H46F4N10O4S. The zero-order valence-electron chi connectivity index (χ0n) is 36.4. The normalized spacial score (nSPS) is 19.6. The van der Waals surface area contributed by atoms with Gasteiger partial charge in [0.2, 0.25) is 0 Å². The first kappa shape index (κ1) is 42.3. The van der Waals surface area contributed by atoms with E-state index in [0.717, 1.165) is 36.6 Å². The fraction of sp³-hybridized carbons (Fsp3) is 0.383. The molecule has 2 aliphatic heterocycles. The molecule has 4 aliphatic rings. The molecule has 3 aromatic carbocycles. The van der Waals surface area contributed by atoms with Crippen LogP contribution >= 0.6 is 0 Å². The summed E-state index contributed by atoms with van der Waals surface area (Å²) in [4.78, 5) is 36.1. The Labute approximate surface area is 376 Å². The summed E-state index contributed by atoms with van der Waals surface area (Å²) in [6.07, 6.45) is 2.75. The molecule has 6 heterocycles. The maximum atomic E-state index is 15.4. The minimum atomic E-state index is -4.77. The van der Waals surface area contributed by atoms with Crippen LogP contribution in [-0.2, 0) is 32.6 Å². The Morgan fingerprint density at radius 1 is 0.939 bits per heavy atom. The number of aromatic nitrogens is 8. The van der Waals surface area contributed by atoms with Gasteiger partial charge < -0.3 is 14.2 Å². The second-order valence-corrected chi connectivity index (χ2v) is 20.5. The minimum Gasteiger partial charge on any atom is -0.381 e. The number of carbonyl (C=O) groups is 1. The van der Waals surface area contributed by atoms with Crippen molar-refractivity contribution in [2.24, 2.45) is 0 Å². The third-order valence-electron chi connectivity index (χ3n) is 13.9. The van der Waals surface area contributed by atoms with Crippen molar-refractivity contribution in [1.82, 2.24) is 43.6 Å². The van der Waals surface area contributed by atoms with Crippen molar-refractivity contribution in [3.05, 3.63) is 135 Å². The molecule has 1 unspecified atom stereocenters. The molecule has 19 heteroatoms. The van der Waals surface area contributed by atoms with E-state index in [9.17, 15) is 22.2 Å². The second kappa shape index (κ2) is 15.1.